The number of hydrogen-bond donors (Lipinski definition) is 1. The molecule has 25 heavy (non-hydrogen) atoms. The highest BCUT2D eigenvalue weighted by Gasteiger charge is 2.12. The summed E-state index contributed by atoms with van der Waals surface area (Å²) >= 11 is 0. The molecule has 0 aliphatic carbocycles. The van der Waals surface area contributed by atoms with Crippen molar-refractivity contribution in [1.82, 2.24) is 0 Å². The van der Waals surface area contributed by atoms with Crippen LogP contribution < -0.4 is 5.32 Å². The molecule has 128 valence electrons. The molecule has 0 saturated heterocycles. The molecular formula is C20H19NO4. The highest BCUT2D eigenvalue weighted by molar-refractivity contribution is 5.93. The Labute approximate surface area is 147 Å². The van der Waals surface area contributed by atoms with Crippen molar-refractivity contribution in [1.29, 1.82) is 0 Å². The predicted octanol–water partition coefficient (Wildman–Crippen LogP) is 3.79. The van der Waals surface area contributed by atoms with E-state index in [2.05, 4.69) is 17.2 Å². The summed E-state index contributed by atoms with van der Waals surface area (Å²) in [5.41, 5.74) is 2.49. The molecule has 0 bridgehead atoms. The van der Waals surface area contributed by atoms with Gasteiger partial charge in [0.1, 0.15) is 6.61 Å². The number of ether oxygens (including phenoxy) is 2. The third kappa shape index (κ3) is 5.40. The van der Waals surface area contributed by atoms with Gasteiger partial charge in [-0.15, -0.1) is 5.92 Å². The maximum Gasteiger partial charge on any atom is 0.411 e. The predicted molar refractivity (Wildman–Crippen MR) is 95.2 cm³/mol. The Kier molecular flexibility index (Phi) is 6.61. The van der Waals surface area contributed by atoms with E-state index in [1.807, 2.05) is 30.3 Å². The van der Waals surface area contributed by atoms with E-state index in [0.717, 1.165) is 11.1 Å². The molecule has 1 N–H and O–H groups in total. The maximum atomic E-state index is 12.1. The standard InChI is InChI=1S/C20H19NO4/c1-3-4-10-16-11-12-17(19(22)24-2)13-18(16)21-20(23)25-14-15-8-6-5-7-9-15/h5-9,11-13H,10,14H2,1-2H3,(H,21,23). The van der Waals surface area contributed by atoms with Crippen molar-refractivity contribution in [2.75, 3.05) is 12.4 Å². The molecule has 0 radical (unpaired) electrons. The Morgan fingerprint density at radius 2 is 1.88 bits per heavy atom. The van der Waals surface area contributed by atoms with Crippen LogP contribution in [-0.4, -0.2) is 19.2 Å². The van der Waals surface area contributed by atoms with Crippen molar-refractivity contribution >= 4 is 17.7 Å². The summed E-state index contributed by atoms with van der Waals surface area (Å²) in [6.07, 6.45) is -0.150. The van der Waals surface area contributed by atoms with Crippen LogP contribution in [0.4, 0.5) is 10.5 Å². The number of carbonyl (C=O) groups is 2. The van der Waals surface area contributed by atoms with Crippen LogP contribution in [0, 0.1) is 11.8 Å². The molecule has 2 aromatic rings. The average Bonchev–Trinajstić information content (AvgIpc) is 2.65. The summed E-state index contributed by atoms with van der Waals surface area (Å²) < 4.78 is 9.93. The van der Waals surface area contributed by atoms with Crippen molar-refractivity contribution in [3.8, 4) is 11.8 Å². The number of amides is 1. The van der Waals surface area contributed by atoms with Gasteiger partial charge in [0, 0.05) is 12.1 Å². The Morgan fingerprint density at radius 3 is 2.56 bits per heavy atom. The molecule has 5 heteroatoms. The molecule has 0 fully saturated rings. The lowest BCUT2D eigenvalue weighted by atomic mass is 10.1. The zero-order valence-electron chi connectivity index (χ0n) is 14.2. The van der Waals surface area contributed by atoms with Crippen molar-refractivity contribution < 1.29 is 19.1 Å². The molecular weight excluding hydrogens is 318 g/mol. The minimum absolute atomic E-state index is 0.160. The third-order valence-electron chi connectivity index (χ3n) is 3.44. The normalized spacial score (nSPS) is 9.52. The highest BCUT2D eigenvalue weighted by Crippen LogP contribution is 2.20. The topological polar surface area (TPSA) is 64.6 Å². The first-order valence-corrected chi connectivity index (χ1v) is 7.72. The first kappa shape index (κ1) is 18.1. The van der Waals surface area contributed by atoms with Crippen LogP contribution in [0.3, 0.4) is 0 Å². The summed E-state index contributed by atoms with van der Waals surface area (Å²) in [7, 11) is 1.31. The van der Waals surface area contributed by atoms with E-state index in [0.29, 0.717) is 17.7 Å². The molecule has 1 amide bonds. The van der Waals surface area contributed by atoms with E-state index in [9.17, 15) is 9.59 Å². The van der Waals surface area contributed by atoms with Crippen molar-refractivity contribution in [2.45, 2.75) is 20.0 Å². The number of benzene rings is 2. The summed E-state index contributed by atoms with van der Waals surface area (Å²) in [6.45, 7) is 1.90. The molecule has 2 rings (SSSR count). The number of methoxy groups -OCH3 is 1. The molecule has 0 heterocycles. The van der Waals surface area contributed by atoms with Gasteiger partial charge in [-0.05, 0) is 30.2 Å². The van der Waals surface area contributed by atoms with Gasteiger partial charge in [-0.25, -0.2) is 9.59 Å². The Balaban J connectivity index is 2.12. The number of anilines is 1. The van der Waals surface area contributed by atoms with Crippen LogP contribution in [0.2, 0.25) is 0 Å². The first-order chi connectivity index (χ1) is 12.1. The molecule has 0 saturated carbocycles. The minimum Gasteiger partial charge on any atom is -0.465 e. The van der Waals surface area contributed by atoms with Gasteiger partial charge < -0.3 is 9.47 Å². The Bertz CT molecular complexity index is 803. The largest absolute Gasteiger partial charge is 0.465 e. The van der Waals surface area contributed by atoms with E-state index in [1.54, 1.807) is 25.1 Å². The first-order valence-electron chi connectivity index (χ1n) is 7.72. The van der Waals surface area contributed by atoms with Crippen LogP contribution in [-0.2, 0) is 22.5 Å². The maximum absolute atomic E-state index is 12.1. The molecule has 0 aliphatic heterocycles. The summed E-state index contributed by atoms with van der Waals surface area (Å²) in [5, 5.41) is 2.67. The second kappa shape index (κ2) is 9.14. The SMILES string of the molecule is CC#CCc1ccc(C(=O)OC)cc1NC(=O)OCc1ccccc1. The van der Waals surface area contributed by atoms with Gasteiger partial charge in [-0.2, -0.15) is 0 Å². The number of carbonyl (C=O) groups excluding carboxylic acids is 2. The highest BCUT2D eigenvalue weighted by atomic mass is 16.5. The smallest absolute Gasteiger partial charge is 0.411 e. The third-order valence-corrected chi connectivity index (χ3v) is 3.44. The van der Waals surface area contributed by atoms with Gasteiger partial charge in [-0.1, -0.05) is 42.3 Å². The minimum atomic E-state index is -0.600. The summed E-state index contributed by atoms with van der Waals surface area (Å²) in [6, 6.07) is 14.3. The van der Waals surface area contributed by atoms with Gasteiger partial charge in [0.05, 0.1) is 12.7 Å². The van der Waals surface area contributed by atoms with Crippen LogP contribution in [0.5, 0.6) is 0 Å². The van der Waals surface area contributed by atoms with Crippen molar-refractivity contribution in [2.24, 2.45) is 0 Å². The van der Waals surface area contributed by atoms with Crippen LogP contribution >= 0.6 is 0 Å². The van der Waals surface area contributed by atoms with Gasteiger partial charge in [0.25, 0.3) is 0 Å². The Hall–Kier alpha value is -3.26. The molecule has 0 unspecified atom stereocenters. The van der Waals surface area contributed by atoms with Gasteiger partial charge in [0.15, 0.2) is 0 Å². The zero-order chi connectivity index (χ0) is 18.1. The van der Waals surface area contributed by atoms with Crippen molar-refractivity contribution in [3.05, 3.63) is 65.2 Å². The molecule has 5 nitrogen and oxygen atoms in total. The summed E-state index contributed by atoms with van der Waals surface area (Å²) in [4.78, 5) is 23.8. The average molecular weight is 337 g/mol. The lowest BCUT2D eigenvalue weighted by Crippen LogP contribution is -2.15. The second-order valence-electron chi connectivity index (χ2n) is 5.15. The quantitative estimate of drug-likeness (QED) is 0.666. The van der Waals surface area contributed by atoms with Crippen LogP contribution in [0.1, 0.15) is 28.4 Å². The fourth-order valence-corrected chi connectivity index (χ4v) is 2.14. The van der Waals surface area contributed by atoms with E-state index in [1.165, 1.54) is 7.11 Å². The molecule has 0 atom stereocenters. The van der Waals surface area contributed by atoms with Gasteiger partial charge >= 0.3 is 12.1 Å². The van der Waals surface area contributed by atoms with Gasteiger partial charge in [0.2, 0.25) is 0 Å². The number of esters is 1. The van der Waals surface area contributed by atoms with E-state index in [4.69, 9.17) is 9.47 Å². The number of rotatable bonds is 5. The zero-order valence-corrected chi connectivity index (χ0v) is 14.2. The Morgan fingerprint density at radius 1 is 1.12 bits per heavy atom. The van der Waals surface area contributed by atoms with E-state index < -0.39 is 12.1 Å². The monoisotopic (exact) mass is 337 g/mol. The van der Waals surface area contributed by atoms with E-state index in [-0.39, 0.29) is 6.61 Å². The molecule has 0 aromatic heterocycles. The molecule has 2 aromatic carbocycles. The lowest BCUT2D eigenvalue weighted by molar-refractivity contribution is 0.0600. The fraction of sp³-hybridized carbons (Fsp3) is 0.200. The van der Waals surface area contributed by atoms with E-state index >= 15 is 0 Å². The molecule has 0 spiro atoms. The number of hydrogen-bond acceptors (Lipinski definition) is 4. The fourth-order valence-electron chi connectivity index (χ4n) is 2.14. The lowest BCUT2D eigenvalue weighted by Gasteiger charge is -2.12. The molecule has 0 aliphatic rings. The number of nitrogens with one attached hydrogen (secondary N) is 1. The van der Waals surface area contributed by atoms with Crippen molar-refractivity contribution in [3.63, 3.8) is 0 Å². The van der Waals surface area contributed by atoms with Gasteiger partial charge in [-0.3, -0.25) is 5.32 Å². The van der Waals surface area contributed by atoms with Crippen LogP contribution in [0.15, 0.2) is 48.5 Å². The van der Waals surface area contributed by atoms with Crippen LogP contribution in [0.25, 0.3) is 0 Å². The second-order valence-corrected chi connectivity index (χ2v) is 5.15. The summed E-state index contributed by atoms with van der Waals surface area (Å²) in [5.74, 6) is 5.27.